The topological polar surface area (TPSA) is 75.2 Å². The predicted molar refractivity (Wildman–Crippen MR) is 73.5 cm³/mol. The van der Waals surface area contributed by atoms with Gasteiger partial charge in [0.05, 0.1) is 18.7 Å². The zero-order valence-corrected chi connectivity index (χ0v) is 11.2. The Bertz CT molecular complexity index is 618. The van der Waals surface area contributed by atoms with Crippen molar-refractivity contribution in [3.05, 3.63) is 36.2 Å². The van der Waals surface area contributed by atoms with Crippen molar-refractivity contribution in [2.75, 3.05) is 6.61 Å². The number of aromatic nitrogens is 2. The number of hydrogen-bond acceptors (Lipinski definition) is 3. The van der Waals surface area contributed by atoms with Gasteiger partial charge in [-0.05, 0) is 31.0 Å². The summed E-state index contributed by atoms with van der Waals surface area (Å²) >= 11 is 0. The summed E-state index contributed by atoms with van der Waals surface area (Å²) < 4.78 is 5.63. The van der Waals surface area contributed by atoms with Crippen LogP contribution >= 0.6 is 0 Å². The maximum absolute atomic E-state index is 10.7. The minimum absolute atomic E-state index is 0.156. The van der Waals surface area contributed by atoms with Gasteiger partial charge in [-0.3, -0.25) is 9.89 Å². The van der Waals surface area contributed by atoms with Crippen LogP contribution in [0.4, 0.5) is 0 Å². The lowest BCUT2D eigenvalue weighted by Gasteiger charge is -2.06. The van der Waals surface area contributed by atoms with E-state index in [-0.39, 0.29) is 11.8 Å². The number of nitrogens with one attached hydrogen (secondary N) is 1. The zero-order chi connectivity index (χ0) is 14.1. The molecule has 0 amide bonds. The summed E-state index contributed by atoms with van der Waals surface area (Å²) in [6, 6.07) is 7.77. The highest BCUT2D eigenvalue weighted by atomic mass is 16.5. The van der Waals surface area contributed by atoms with Gasteiger partial charge in [0.2, 0.25) is 0 Å². The van der Waals surface area contributed by atoms with Gasteiger partial charge in [-0.25, -0.2) is 0 Å². The number of carboxylic acids is 1. The second-order valence-electron chi connectivity index (χ2n) is 5.18. The third kappa shape index (κ3) is 2.52. The maximum Gasteiger partial charge on any atom is 0.306 e. The summed E-state index contributed by atoms with van der Waals surface area (Å²) in [5.41, 5.74) is 3.18. The van der Waals surface area contributed by atoms with Crippen LogP contribution in [0.15, 0.2) is 30.5 Å². The molecule has 1 aromatic carbocycles. The Morgan fingerprint density at radius 3 is 2.75 bits per heavy atom. The van der Waals surface area contributed by atoms with Gasteiger partial charge in [-0.15, -0.1) is 0 Å². The number of nitrogens with zero attached hydrogens (tertiary/aromatic N) is 1. The van der Waals surface area contributed by atoms with Crippen molar-refractivity contribution in [1.29, 1.82) is 0 Å². The van der Waals surface area contributed by atoms with Gasteiger partial charge in [0.15, 0.2) is 0 Å². The lowest BCUT2D eigenvalue weighted by Crippen LogP contribution is -2.06. The van der Waals surface area contributed by atoms with Crippen molar-refractivity contribution in [3.8, 4) is 16.9 Å². The number of hydrogen-bond donors (Lipinski definition) is 2. The summed E-state index contributed by atoms with van der Waals surface area (Å²) in [5, 5.41) is 15.7. The molecule has 1 aliphatic carbocycles. The Labute approximate surface area is 116 Å². The summed E-state index contributed by atoms with van der Waals surface area (Å²) in [6.07, 6.45) is 2.52. The van der Waals surface area contributed by atoms with Gasteiger partial charge < -0.3 is 9.84 Å². The molecule has 1 fully saturated rings. The fraction of sp³-hybridized carbons (Fsp3) is 0.333. The van der Waals surface area contributed by atoms with Crippen molar-refractivity contribution in [1.82, 2.24) is 10.2 Å². The highest BCUT2D eigenvalue weighted by Gasteiger charge is 2.43. The first kappa shape index (κ1) is 12.7. The molecule has 2 N–H and O–H groups in total. The van der Waals surface area contributed by atoms with Crippen molar-refractivity contribution >= 4 is 5.97 Å². The molecule has 1 heterocycles. The molecule has 0 spiro atoms. The first-order valence-electron chi connectivity index (χ1n) is 6.61. The molecule has 2 aromatic rings. The Balaban J connectivity index is 1.60. The second-order valence-corrected chi connectivity index (χ2v) is 5.18. The number of aliphatic carboxylic acids is 1. The molecule has 1 saturated carbocycles. The number of carboxylic acid groups (broad SMARTS) is 1. The molecule has 0 saturated heterocycles. The lowest BCUT2D eigenvalue weighted by molar-refractivity contribution is -0.138. The third-order valence-electron chi connectivity index (χ3n) is 3.70. The molecule has 5 heteroatoms. The molecule has 104 valence electrons. The zero-order valence-electron chi connectivity index (χ0n) is 11.2. The molecule has 2 atom stereocenters. The van der Waals surface area contributed by atoms with E-state index in [1.54, 1.807) is 6.20 Å². The van der Waals surface area contributed by atoms with E-state index in [4.69, 9.17) is 9.84 Å². The van der Waals surface area contributed by atoms with Crippen molar-refractivity contribution < 1.29 is 14.6 Å². The SMILES string of the molecule is Cc1[nH]ncc1-c1ccc(OC[C@@H]2C[C@H]2C(=O)O)cc1. The molecular weight excluding hydrogens is 256 g/mol. The van der Waals surface area contributed by atoms with E-state index in [0.29, 0.717) is 6.61 Å². The number of benzene rings is 1. The first-order valence-corrected chi connectivity index (χ1v) is 6.61. The van der Waals surface area contributed by atoms with Crippen LogP contribution in [0, 0.1) is 18.8 Å². The average molecular weight is 272 g/mol. The smallest absolute Gasteiger partial charge is 0.306 e. The summed E-state index contributed by atoms with van der Waals surface area (Å²) in [6.45, 7) is 2.45. The van der Waals surface area contributed by atoms with Crippen LogP contribution in [0.2, 0.25) is 0 Å². The van der Waals surface area contributed by atoms with Crippen LogP contribution in [0.5, 0.6) is 5.75 Å². The summed E-state index contributed by atoms with van der Waals surface area (Å²) in [7, 11) is 0. The fourth-order valence-corrected chi connectivity index (χ4v) is 2.31. The van der Waals surface area contributed by atoms with Crippen LogP contribution in [-0.2, 0) is 4.79 Å². The molecule has 3 rings (SSSR count). The fourth-order valence-electron chi connectivity index (χ4n) is 2.31. The molecule has 5 nitrogen and oxygen atoms in total. The molecule has 20 heavy (non-hydrogen) atoms. The van der Waals surface area contributed by atoms with Crippen molar-refractivity contribution in [3.63, 3.8) is 0 Å². The normalized spacial score (nSPS) is 20.6. The molecule has 1 aliphatic rings. The third-order valence-corrected chi connectivity index (χ3v) is 3.70. The van der Waals surface area contributed by atoms with Crippen LogP contribution in [0.25, 0.3) is 11.1 Å². The predicted octanol–water partition coefficient (Wildman–Crippen LogP) is 2.48. The highest BCUT2D eigenvalue weighted by Crippen LogP contribution is 2.39. The number of aromatic amines is 1. The monoisotopic (exact) mass is 272 g/mol. The van der Waals surface area contributed by atoms with Crippen LogP contribution < -0.4 is 4.74 Å². The number of aryl methyl sites for hydroxylation is 1. The van der Waals surface area contributed by atoms with E-state index < -0.39 is 5.97 Å². The van der Waals surface area contributed by atoms with Crippen LogP contribution in [-0.4, -0.2) is 27.9 Å². The van der Waals surface area contributed by atoms with E-state index in [9.17, 15) is 4.79 Å². The number of carbonyl (C=O) groups is 1. The number of rotatable bonds is 5. The van der Waals surface area contributed by atoms with Gasteiger partial charge >= 0.3 is 5.97 Å². The average Bonchev–Trinajstić information content (AvgIpc) is 3.11. The maximum atomic E-state index is 10.7. The highest BCUT2D eigenvalue weighted by molar-refractivity contribution is 5.73. The first-order chi connectivity index (χ1) is 9.65. The molecule has 0 aliphatic heterocycles. The molecule has 0 bridgehead atoms. The Morgan fingerprint density at radius 1 is 1.45 bits per heavy atom. The van der Waals surface area contributed by atoms with Gasteiger partial charge in [0.25, 0.3) is 0 Å². The van der Waals surface area contributed by atoms with Crippen molar-refractivity contribution in [2.45, 2.75) is 13.3 Å². The Kier molecular flexibility index (Phi) is 3.18. The Morgan fingerprint density at radius 2 is 2.20 bits per heavy atom. The van der Waals surface area contributed by atoms with E-state index >= 15 is 0 Å². The summed E-state index contributed by atoms with van der Waals surface area (Å²) in [5.74, 6) is -0.0125. The van der Waals surface area contributed by atoms with E-state index in [1.165, 1.54) is 0 Å². The van der Waals surface area contributed by atoms with Gasteiger partial charge in [0.1, 0.15) is 5.75 Å². The van der Waals surface area contributed by atoms with Gasteiger partial charge in [-0.2, -0.15) is 5.10 Å². The largest absolute Gasteiger partial charge is 0.493 e. The van der Waals surface area contributed by atoms with Crippen LogP contribution in [0.1, 0.15) is 12.1 Å². The summed E-state index contributed by atoms with van der Waals surface area (Å²) in [4.78, 5) is 10.7. The molecular formula is C15H16N2O3. The quantitative estimate of drug-likeness (QED) is 0.876. The standard InChI is InChI=1S/C15H16N2O3/c1-9-14(7-16-17-9)10-2-4-12(5-3-10)20-8-11-6-13(11)15(18)19/h2-5,7,11,13H,6,8H2,1H3,(H,16,17)(H,18,19)/t11-,13+/m0/s1. The molecule has 0 unspecified atom stereocenters. The molecule has 0 radical (unpaired) electrons. The Hall–Kier alpha value is -2.30. The number of ether oxygens (including phenoxy) is 1. The lowest BCUT2D eigenvalue weighted by atomic mass is 10.1. The molecule has 1 aromatic heterocycles. The van der Waals surface area contributed by atoms with E-state index in [2.05, 4.69) is 10.2 Å². The number of H-pyrrole nitrogens is 1. The van der Waals surface area contributed by atoms with Gasteiger partial charge in [0, 0.05) is 17.2 Å². The van der Waals surface area contributed by atoms with E-state index in [0.717, 1.165) is 29.0 Å². The van der Waals surface area contributed by atoms with Gasteiger partial charge in [-0.1, -0.05) is 12.1 Å². The van der Waals surface area contributed by atoms with E-state index in [1.807, 2.05) is 31.2 Å². The second kappa shape index (κ2) is 5.00. The van der Waals surface area contributed by atoms with Crippen molar-refractivity contribution in [2.24, 2.45) is 11.8 Å². The minimum atomic E-state index is -0.718. The van der Waals surface area contributed by atoms with Crippen LogP contribution in [0.3, 0.4) is 0 Å². The minimum Gasteiger partial charge on any atom is -0.493 e.